The van der Waals surface area contributed by atoms with E-state index in [9.17, 15) is 0 Å². The van der Waals surface area contributed by atoms with Crippen LogP contribution < -0.4 is 5.73 Å². The molecule has 0 unspecified atom stereocenters. The molecule has 2 heterocycles. The van der Waals surface area contributed by atoms with Gasteiger partial charge in [0.2, 0.25) is 0 Å². The molecule has 0 radical (unpaired) electrons. The number of rotatable bonds is 0. The molecule has 0 aliphatic rings. The molecule has 5 heteroatoms. The number of hydrogen-bond donors (Lipinski definition) is 1. The average molecular weight is 147 g/mol. The van der Waals surface area contributed by atoms with Crippen molar-refractivity contribution in [1.29, 1.82) is 0 Å². The number of nitrogens with zero attached hydrogens (tertiary/aromatic N) is 4. The fourth-order valence-corrected chi connectivity index (χ4v) is 0.780. The van der Waals surface area contributed by atoms with Crippen molar-refractivity contribution >= 4 is 17.0 Å². The van der Waals surface area contributed by atoms with E-state index < -0.39 is 0 Å². The molecule has 2 aromatic rings. The predicted molar refractivity (Wildman–Crippen MR) is 39.5 cm³/mol. The first-order valence-electron chi connectivity index (χ1n) is 3.04. The van der Waals surface area contributed by atoms with Gasteiger partial charge in [-0.2, -0.15) is 0 Å². The number of nitrogen functional groups attached to an aromatic ring is 1. The molecule has 54 valence electrons. The zero-order valence-corrected chi connectivity index (χ0v) is 5.60. The second kappa shape index (κ2) is 2.12. The summed E-state index contributed by atoms with van der Waals surface area (Å²) in [5, 5.41) is 0. The lowest BCUT2D eigenvalue weighted by Gasteiger charge is -1.93. The molecule has 2 N–H and O–H groups in total. The molecule has 0 saturated carbocycles. The van der Waals surface area contributed by atoms with Crippen LogP contribution in [0, 0.1) is 0 Å². The molecule has 0 aliphatic carbocycles. The highest BCUT2D eigenvalue weighted by molar-refractivity contribution is 5.68. The van der Waals surface area contributed by atoms with Gasteiger partial charge in [-0.25, -0.2) is 19.9 Å². The lowest BCUT2D eigenvalue weighted by Crippen LogP contribution is -1.94. The first kappa shape index (κ1) is 5.96. The first-order chi connectivity index (χ1) is 5.36. The quantitative estimate of drug-likeness (QED) is 0.567. The Morgan fingerprint density at radius 2 is 2.09 bits per heavy atom. The van der Waals surface area contributed by atoms with Crippen molar-refractivity contribution in [3.8, 4) is 0 Å². The Labute approximate surface area is 62.3 Å². The van der Waals surface area contributed by atoms with Gasteiger partial charge in [0.15, 0.2) is 5.65 Å². The predicted octanol–water partition coefficient (Wildman–Crippen LogP) is 0.00200. The van der Waals surface area contributed by atoms with Gasteiger partial charge in [0.05, 0.1) is 12.4 Å². The van der Waals surface area contributed by atoms with Gasteiger partial charge < -0.3 is 5.73 Å². The standard InChI is InChI=1S/C6H5N5/c7-5-2-9-4-1-8-3-10-6(4)11-5/h1-3H,(H2,7,8,10,11). The van der Waals surface area contributed by atoms with Crippen molar-refractivity contribution in [2.24, 2.45) is 0 Å². The zero-order chi connectivity index (χ0) is 7.68. The molecule has 2 rings (SSSR count). The van der Waals surface area contributed by atoms with E-state index in [1.54, 1.807) is 6.20 Å². The van der Waals surface area contributed by atoms with Crippen LogP contribution in [0.1, 0.15) is 0 Å². The lowest BCUT2D eigenvalue weighted by molar-refractivity contribution is 1.15. The number of fused-ring (bicyclic) bond motifs is 1. The first-order valence-corrected chi connectivity index (χ1v) is 3.04. The third kappa shape index (κ3) is 0.958. The summed E-state index contributed by atoms with van der Waals surface area (Å²) in [6, 6.07) is 0. The van der Waals surface area contributed by atoms with E-state index in [1.807, 2.05) is 0 Å². The Bertz CT molecular complexity index is 385. The highest BCUT2D eigenvalue weighted by Crippen LogP contribution is 2.03. The molecule has 11 heavy (non-hydrogen) atoms. The molecule has 0 saturated heterocycles. The molecule has 5 nitrogen and oxygen atoms in total. The van der Waals surface area contributed by atoms with Gasteiger partial charge in [-0.3, -0.25) is 0 Å². The average Bonchev–Trinajstić information content (AvgIpc) is 2.04. The molecule has 0 bridgehead atoms. The molecule has 0 aromatic carbocycles. The highest BCUT2D eigenvalue weighted by Gasteiger charge is 1.95. The summed E-state index contributed by atoms with van der Waals surface area (Å²) in [6.45, 7) is 0. The Kier molecular flexibility index (Phi) is 1.15. The number of aromatic nitrogens is 4. The Morgan fingerprint density at radius 3 is 3.00 bits per heavy atom. The molecular formula is C6H5N5. The maximum atomic E-state index is 5.39. The van der Waals surface area contributed by atoms with Crippen molar-refractivity contribution in [3.63, 3.8) is 0 Å². The van der Waals surface area contributed by atoms with Crippen molar-refractivity contribution in [1.82, 2.24) is 19.9 Å². The van der Waals surface area contributed by atoms with E-state index in [0.717, 1.165) is 0 Å². The van der Waals surface area contributed by atoms with Gasteiger partial charge in [-0.05, 0) is 0 Å². The number of anilines is 1. The fourth-order valence-electron chi connectivity index (χ4n) is 0.780. The Hall–Kier alpha value is -1.78. The smallest absolute Gasteiger partial charge is 0.183 e. The maximum absolute atomic E-state index is 5.39. The van der Waals surface area contributed by atoms with Crippen molar-refractivity contribution in [2.75, 3.05) is 5.73 Å². The van der Waals surface area contributed by atoms with Crippen LogP contribution in [0.3, 0.4) is 0 Å². The van der Waals surface area contributed by atoms with Crippen LogP contribution in [0.15, 0.2) is 18.7 Å². The van der Waals surface area contributed by atoms with Crippen LogP contribution in [0.25, 0.3) is 11.2 Å². The van der Waals surface area contributed by atoms with E-state index in [2.05, 4.69) is 19.9 Å². The van der Waals surface area contributed by atoms with E-state index in [1.165, 1.54) is 12.5 Å². The van der Waals surface area contributed by atoms with Gasteiger partial charge in [0.1, 0.15) is 17.7 Å². The summed E-state index contributed by atoms with van der Waals surface area (Å²) in [4.78, 5) is 15.6. The third-order valence-corrected chi connectivity index (χ3v) is 1.24. The van der Waals surface area contributed by atoms with Gasteiger partial charge in [-0.1, -0.05) is 0 Å². The van der Waals surface area contributed by atoms with Crippen molar-refractivity contribution in [2.45, 2.75) is 0 Å². The summed E-state index contributed by atoms with van der Waals surface area (Å²) in [6.07, 6.45) is 4.48. The summed E-state index contributed by atoms with van der Waals surface area (Å²) >= 11 is 0. The second-order valence-electron chi connectivity index (χ2n) is 2.03. The largest absolute Gasteiger partial charge is 0.382 e. The monoisotopic (exact) mass is 147 g/mol. The molecule has 0 fully saturated rings. The topological polar surface area (TPSA) is 77.6 Å². The summed E-state index contributed by atoms with van der Waals surface area (Å²) in [5.41, 5.74) is 6.57. The van der Waals surface area contributed by atoms with Crippen LogP contribution in [0.4, 0.5) is 5.82 Å². The van der Waals surface area contributed by atoms with E-state index >= 15 is 0 Å². The van der Waals surface area contributed by atoms with E-state index in [-0.39, 0.29) is 0 Å². The third-order valence-electron chi connectivity index (χ3n) is 1.24. The Morgan fingerprint density at radius 1 is 1.18 bits per heavy atom. The molecule has 0 amide bonds. The number of hydrogen-bond acceptors (Lipinski definition) is 5. The SMILES string of the molecule is Nc1cnc2cncnc2n1. The molecule has 0 atom stereocenters. The van der Waals surface area contributed by atoms with Crippen LogP contribution in [-0.4, -0.2) is 19.9 Å². The van der Waals surface area contributed by atoms with Crippen LogP contribution in [0.5, 0.6) is 0 Å². The minimum absolute atomic E-state index is 0.371. The van der Waals surface area contributed by atoms with Crippen molar-refractivity contribution < 1.29 is 0 Å². The molecule has 0 spiro atoms. The van der Waals surface area contributed by atoms with Crippen LogP contribution >= 0.6 is 0 Å². The minimum atomic E-state index is 0.371. The van der Waals surface area contributed by atoms with Gasteiger partial charge in [0, 0.05) is 0 Å². The second-order valence-corrected chi connectivity index (χ2v) is 2.03. The van der Waals surface area contributed by atoms with Crippen molar-refractivity contribution in [3.05, 3.63) is 18.7 Å². The highest BCUT2D eigenvalue weighted by atomic mass is 15.0. The Balaban J connectivity index is 2.83. The lowest BCUT2D eigenvalue weighted by atomic mass is 10.5. The van der Waals surface area contributed by atoms with Gasteiger partial charge in [0.25, 0.3) is 0 Å². The maximum Gasteiger partial charge on any atom is 0.183 e. The van der Waals surface area contributed by atoms with Crippen LogP contribution in [-0.2, 0) is 0 Å². The van der Waals surface area contributed by atoms with Gasteiger partial charge >= 0.3 is 0 Å². The fraction of sp³-hybridized carbons (Fsp3) is 0. The summed E-state index contributed by atoms with van der Waals surface area (Å²) < 4.78 is 0. The van der Waals surface area contributed by atoms with Gasteiger partial charge in [-0.15, -0.1) is 0 Å². The number of nitrogens with two attached hydrogens (primary N) is 1. The van der Waals surface area contributed by atoms with Crippen LogP contribution in [0.2, 0.25) is 0 Å². The van der Waals surface area contributed by atoms with E-state index in [4.69, 9.17) is 5.73 Å². The van der Waals surface area contributed by atoms with E-state index in [0.29, 0.717) is 17.0 Å². The molecule has 0 aliphatic heterocycles. The minimum Gasteiger partial charge on any atom is -0.382 e. The normalized spacial score (nSPS) is 10.2. The molecular weight excluding hydrogens is 142 g/mol. The summed E-state index contributed by atoms with van der Waals surface area (Å²) in [5.74, 6) is 0.371. The zero-order valence-electron chi connectivity index (χ0n) is 5.60. The molecule has 2 aromatic heterocycles. The summed E-state index contributed by atoms with van der Waals surface area (Å²) in [7, 11) is 0.